The molecule has 0 radical (unpaired) electrons. The lowest BCUT2D eigenvalue weighted by atomic mass is 10.2. The molecule has 0 saturated carbocycles. The van der Waals surface area contributed by atoms with Gasteiger partial charge in [-0.2, -0.15) is 0 Å². The number of hydrogen-bond donors (Lipinski definition) is 0. The van der Waals surface area contributed by atoms with E-state index in [0.717, 1.165) is 18.8 Å². The SMILES string of the molecule is Cc1cccc(OPOCCC(C)C)c1. The minimum atomic E-state index is 0.106. The van der Waals surface area contributed by atoms with E-state index in [2.05, 4.69) is 26.8 Å². The molecule has 1 rings (SSSR count). The summed E-state index contributed by atoms with van der Waals surface area (Å²) < 4.78 is 10.9. The third-order valence-corrected chi connectivity index (χ3v) is 2.65. The molecular formula is C12H19O2P. The van der Waals surface area contributed by atoms with Crippen molar-refractivity contribution >= 4 is 9.03 Å². The van der Waals surface area contributed by atoms with Crippen molar-refractivity contribution < 1.29 is 9.05 Å². The maximum absolute atomic E-state index is 5.47. The molecule has 1 aromatic rings. The topological polar surface area (TPSA) is 18.5 Å². The van der Waals surface area contributed by atoms with Crippen molar-refractivity contribution in [3.8, 4) is 5.75 Å². The summed E-state index contributed by atoms with van der Waals surface area (Å²) in [5.41, 5.74) is 1.21. The molecule has 0 fully saturated rings. The largest absolute Gasteiger partial charge is 0.450 e. The Morgan fingerprint density at radius 1 is 1.33 bits per heavy atom. The highest BCUT2D eigenvalue weighted by Crippen LogP contribution is 2.22. The van der Waals surface area contributed by atoms with Crippen molar-refractivity contribution in [1.29, 1.82) is 0 Å². The summed E-state index contributed by atoms with van der Waals surface area (Å²) in [6, 6.07) is 8.00. The van der Waals surface area contributed by atoms with E-state index in [1.807, 2.05) is 18.2 Å². The van der Waals surface area contributed by atoms with Gasteiger partial charge in [-0.25, -0.2) is 0 Å². The van der Waals surface area contributed by atoms with Gasteiger partial charge >= 0.3 is 0 Å². The molecule has 0 spiro atoms. The highest BCUT2D eigenvalue weighted by atomic mass is 31.1. The van der Waals surface area contributed by atoms with Crippen molar-refractivity contribution in [2.24, 2.45) is 5.92 Å². The summed E-state index contributed by atoms with van der Waals surface area (Å²) >= 11 is 0. The molecule has 0 aliphatic rings. The molecule has 0 aliphatic carbocycles. The van der Waals surface area contributed by atoms with E-state index < -0.39 is 0 Å². The number of rotatable bonds is 6. The zero-order valence-corrected chi connectivity index (χ0v) is 10.6. The van der Waals surface area contributed by atoms with E-state index in [1.54, 1.807) is 0 Å². The lowest BCUT2D eigenvalue weighted by Crippen LogP contribution is -1.94. The minimum Gasteiger partial charge on any atom is -0.450 e. The summed E-state index contributed by atoms with van der Waals surface area (Å²) in [6.07, 6.45) is 1.09. The first kappa shape index (κ1) is 12.5. The summed E-state index contributed by atoms with van der Waals surface area (Å²) in [4.78, 5) is 0. The van der Waals surface area contributed by atoms with Gasteiger partial charge < -0.3 is 9.05 Å². The van der Waals surface area contributed by atoms with Crippen molar-refractivity contribution in [2.45, 2.75) is 27.2 Å². The molecule has 0 aliphatic heterocycles. The van der Waals surface area contributed by atoms with E-state index >= 15 is 0 Å². The van der Waals surface area contributed by atoms with E-state index in [0.29, 0.717) is 5.92 Å². The van der Waals surface area contributed by atoms with Crippen LogP contribution in [0.2, 0.25) is 0 Å². The van der Waals surface area contributed by atoms with Crippen LogP contribution in [0.4, 0.5) is 0 Å². The van der Waals surface area contributed by atoms with Crippen molar-refractivity contribution in [3.05, 3.63) is 29.8 Å². The Morgan fingerprint density at radius 3 is 2.80 bits per heavy atom. The molecular weight excluding hydrogens is 207 g/mol. The minimum absolute atomic E-state index is 0.106. The van der Waals surface area contributed by atoms with Gasteiger partial charge in [-0.05, 0) is 37.0 Å². The highest BCUT2D eigenvalue weighted by Gasteiger charge is 1.96. The van der Waals surface area contributed by atoms with Gasteiger partial charge in [0.05, 0.1) is 6.61 Å². The van der Waals surface area contributed by atoms with Crippen LogP contribution in [0, 0.1) is 12.8 Å². The van der Waals surface area contributed by atoms with Gasteiger partial charge in [0.15, 0.2) is 0 Å². The quantitative estimate of drug-likeness (QED) is 0.540. The molecule has 84 valence electrons. The molecule has 0 amide bonds. The molecule has 0 bridgehead atoms. The van der Waals surface area contributed by atoms with Crippen LogP contribution in [0.15, 0.2) is 24.3 Å². The van der Waals surface area contributed by atoms with E-state index in [9.17, 15) is 0 Å². The van der Waals surface area contributed by atoms with Gasteiger partial charge in [-0.15, -0.1) is 0 Å². The van der Waals surface area contributed by atoms with Gasteiger partial charge in [0, 0.05) is 0 Å². The van der Waals surface area contributed by atoms with Crippen LogP contribution in [0.5, 0.6) is 5.75 Å². The van der Waals surface area contributed by atoms with E-state index in [-0.39, 0.29) is 9.03 Å². The van der Waals surface area contributed by atoms with Crippen LogP contribution in [-0.4, -0.2) is 6.61 Å². The molecule has 0 saturated heterocycles. The van der Waals surface area contributed by atoms with Crippen LogP contribution in [0.1, 0.15) is 25.8 Å². The first-order valence-electron chi connectivity index (χ1n) is 5.29. The molecule has 0 aromatic heterocycles. The van der Waals surface area contributed by atoms with Gasteiger partial charge in [0.1, 0.15) is 5.75 Å². The molecule has 0 N–H and O–H groups in total. The Balaban J connectivity index is 2.15. The van der Waals surface area contributed by atoms with Crippen LogP contribution >= 0.6 is 9.03 Å². The second kappa shape index (κ2) is 6.81. The fourth-order valence-electron chi connectivity index (χ4n) is 1.09. The zero-order valence-electron chi connectivity index (χ0n) is 9.62. The van der Waals surface area contributed by atoms with E-state index in [4.69, 9.17) is 9.05 Å². The second-order valence-electron chi connectivity index (χ2n) is 4.03. The van der Waals surface area contributed by atoms with Gasteiger partial charge in [-0.1, -0.05) is 26.0 Å². The fourth-order valence-corrected chi connectivity index (χ4v) is 1.58. The van der Waals surface area contributed by atoms with Gasteiger partial charge in [0.25, 0.3) is 0 Å². The predicted molar refractivity (Wildman–Crippen MR) is 65.5 cm³/mol. The van der Waals surface area contributed by atoms with Crippen LogP contribution in [-0.2, 0) is 4.52 Å². The lowest BCUT2D eigenvalue weighted by molar-refractivity contribution is 0.301. The maximum Gasteiger partial charge on any atom is 0.215 e. The molecule has 1 aromatic carbocycles. The molecule has 15 heavy (non-hydrogen) atoms. The van der Waals surface area contributed by atoms with Crippen LogP contribution < -0.4 is 4.52 Å². The Hall–Kier alpha value is -0.590. The third kappa shape index (κ3) is 5.76. The maximum atomic E-state index is 5.47. The average molecular weight is 226 g/mol. The summed E-state index contributed by atoms with van der Waals surface area (Å²) in [5, 5.41) is 0. The summed E-state index contributed by atoms with van der Waals surface area (Å²) in [6.45, 7) is 7.21. The second-order valence-corrected chi connectivity index (χ2v) is 4.69. The summed E-state index contributed by atoms with van der Waals surface area (Å²) in [5.74, 6) is 1.58. The normalized spacial score (nSPS) is 11.5. The summed E-state index contributed by atoms with van der Waals surface area (Å²) in [7, 11) is 0.106. The Morgan fingerprint density at radius 2 is 2.13 bits per heavy atom. The fraction of sp³-hybridized carbons (Fsp3) is 0.500. The first-order chi connectivity index (χ1) is 7.18. The van der Waals surface area contributed by atoms with Gasteiger partial charge in [0.2, 0.25) is 9.03 Å². The van der Waals surface area contributed by atoms with Crippen LogP contribution in [0.3, 0.4) is 0 Å². The van der Waals surface area contributed by atoms with Crippen molar-refractivity contribution in [1.82, 2.24) is 0 Å². The standard InChI is InChI=1S/C12H19O2P/c1-10(2)7-8-13-15-14-12-6-4-5-11(3)9-12/h4-6,9-10,15H,7-8H2,1-3H3. The molecule has 1 unspecified atom stereocenters. The van der Waals surface area contributed by atoms with Crippen molar-refractivity contribution in [3.63, 3.8) is 0 Å². The van der Waals surface area contributed by atoms with E-state index in [1.165, 1.54) is 5.56 Å². The molecule has 1 atom stereocenters. The zero-order chi connectivity index (χ0) is 11.1. The molecule has 3 heteroatoms. The first-order valence-corrected chi connectivity index (χ1v) is 6.10. The molecule has 2 nitrogen and oxygen atoms in total. The number of benzene rings is 1. The Labute approximate surface area is 93.9 Å². The number of hydrogen-bond acceptors (Lipinski definition) is 2. The average Bonchev–Trinajstić information content (AvgIpc) is 2.17. The van der Waals surface area contributed by atoms with Gasteiger partial charge in [-0.3, -0.25) is 0 Å². The van der Waals surface area contributed by atoms with Crippen molar-refractivity contribution in [2.75, 3.05) is 6.61 Å². The lowest BCUT2D eigenvalue weighted by Gasteiger charge is -2.07. The smallest absolute Gasteiger partial charge is 0.215 e. The Bertz CT molecular complexity index is 287. The monoisotopic (exact) mass is 226 g/mol. The third-order valence-electron chi connectivity index (χ3n) is 2.01. The van der Waals surface area contributed by atoms with Crippen LogP contribution in [0.25, 0.3) is 0 Å². The highest BCUT2D eigenvalue weighted by molar-refractivity contribution is 7.26. The predicted octanol–water partition coefficient (Wildman–Crippen LogP) is 3.95. The molecule has 0 heterocycles. The number of aryl methyl sites for hydroxylation is 1. The Kier molecular flexibility index (Phi) is 5.67.